The van der Waals surface area contributed by atoms with Gasteiger partial charge >= 0.3 is 5.97 Å². The van der Waals surface area contributed by atoms with E-state index < -0.39 is 11.8 Å². The van der Waals surface area contributed by atoms with Gasteiger partial charge in [-0.1, -0.05) is 24.3 Å². The number of hydrogen-bond acceptors (Lipinski definition) is 8. The maximum atomic E-state index is 13.5. The highest BCUT2D eigenvalue weighted by Crippen LogP contribution is 2.35. The molecule has 204 valence electrons. The minimum Gasteiger partial charge on any atom is -0.496 e. The molecular weight excluding hydrogens is 520 g/mol. The van der Waals surface area contributed by atoms with Gasteiger partial charge in [-0.15, -0.1) is 11.8 Å². The van der Waals surface area contributed by atoms with E-state index in [2.05, 4.69) is 10.6 Å². The highest BCUT2D eigenvalue weighted by atomic mass is 32.2. The SMILES string of the molecule is CCOC(=O)CSc1cccc(NC(=O)/C(=C\c2cc(OC)c(OC)cc2OC)NC(=O)c2ccccc2)c1. The van der Waals surface area contributed by atoms with Gasteiger partial charge in [0.2, 0.25) is 0 Å². The van der Waals surface area contributed by atoms with Gasteiger partial charge in [0.25, 0.3) is 11.8 Å². The third kappa shape index (κ3) is 8.27. The number of esters is 1. The molecule has 9 nitrogen and oxygen atoms in total. The van der Waals surface area contributed by atoms with Gasteiger partial charge in [0, 0.05) is 27.8 Å². The summed E-state index contributed by atoms with van der Waals surface area (Å²) >= 11 is 1.29. The van der Waals surface area contributed by atoms with Gasteiger partial charge in [-0.25, -0.2) is 0 Å². The second-order valence-electron chi connectivity index (χ2n) is 7.90. The largest absolute Gasteiger partial charge is 0.496 e. The lowest BCUT2D eigenvalue weighted by molar-refractivity contribution is -0.139. The second-order valence-corrected chi connectivity index (χ2v) is 8.95. The smallest absolute Gasteiger partial charge is 0.316 e. The van der Waals surface area contributed by atoms with Crippen LogP contribution in [0.2, 0.25) is 0 Å². The lowest BCUT2D eigenvalue weighted by atomic mass is 10.1. The lowest BCUT2D eigenvalue weighted by Crippen LogP contribution is -2.30. The van der Waals surface area contributed by atoms with Gasteiger partial charge in [0.15, 0.2) is 11.5 Å². The molecule has 3 aromatic rings. The zero-order chi connectivity index (χ0) is 28.2. The number of amides is 2. The topological polar surface area (TPSA) is 112 Å². The molecule has 0 saturated heterocycles. The summed E-state index contributed by atoms with van der Waals surface area (Å²) in [6, 6.07) is 18.8. The quantitative estimate of drug-likeness (QED) is 0.188. The molecule has 10 heteroatoms. The molecule has 3 aromatic carbocycles. The van der Waals surface area contributed by atoms with E-state index in [-0.39, 0.29) is 17.4 Å². The van der Waals surface area contributed by atoms with E-state index in [0.29, 0.717) is 40.7 Å². The zero-order valence-electron chi connectivity index (χ0n) is 22.1. The molecule has 0 aliphatic carbocycles. The van der Waals surface area contributed by atoms with Crippen LogP contribution in [-0.2, 0) is 14.3 Å². The molecule has 0 atom stereocenters. The molecule has 3 rings (SSSR count). The van der Waals surface area contributed by atoms with E-state index in [1.54, 1.807) is 67.6 Å². The number of methoxy groups -OCH3 is 3. The van der Waals surface area contributed by atoms with Crippen LogP contribution in [0.4, 0.5) is 5.69 Å². The Labute approximate surface area is 231 Å². The van der Waals surface area contributed by atoms with E-state index >= 15 is 0 Å². The first-order valence-corrected chi connectivity index (χ1v) is 12.9. The Morgan fingerprint density at radius 2 is 1.54 bits per heavy atom. The van der Waals surface area contributed by atoms with Crippen molar-refractivity contribution >= 4 is 41.3 Å². The van der Waals surface area contributed by atoms with Crippen molar-refractivity contribution < 1.29 is 33.3 Å². The van der Waals surface area contributed by atoms with E-state index in [1.807, 2.05) is 6.07 Å². The van der Waals surface area contributed by atoms with Crippen LogP contribution in [0.3, 0.4) is 0 Å². The Morgan fingerprint density at radius 3 is 2.21 bits per heavy atom. The van der Waals surface area contributed by atoms with Crippen molar-refractivity contribution in [2.24, 2.45) is 0 Å². The molecule has 0 heterocycles. The summed E-state index contributed by atoms with van der Waals surface area (Å²) in [5.41, 5.74) is 1.31. The molecule has 0 bridgehead atoms. The fourth-order valence-corrected chi connectivity index (χ4v) is 4.22. The molecule has 0 saturated carbocycles. The Hall–Kier alpha value is -4.44. The predicted molar refractivity (Wildman–Crippen MR) is 150 cm³/mol. The first kappa shape index (κ1) is 29.1. The Balaban J connectivity index is 1.93. The third-order valence-corrected chi connectivity index (χ3v) is 6.29. The summed E-state index contributed by atoms with van der Waals surface area (Å²) < 4.78 is 21.2. The summed E-state index contributed by atoms with van der Waals surface area (Å²) in [5, 5.41) is 5.52. The van der Waals surface area contributed by atoms with Crippen LogP contribution in [0.25, 0.3) is 6.08 Å². The van der Waals surface area contributed by atoms with Gasteiger partial charge < -0.3 is 29.6 Å². The number of carbonyl (C=O) groups excluding carboxylic acids is 3. The summed E-state index contributed by atoms with van der Waals surface area (Å²) in [7, 11) is 4.49. The van der Waals surface area contributed by atoms with E-state index in [1.165, 1.54) is 39.2 Å². The summed E-state index contributed by atoms with van der Waals surface area (Å²) in [6.07, 6.45) is 1.50. The van der Waals surface area contributed by atoms with Crippen LogP contribution < -0.4 is 24.8 Å². The van der Waals surface area contributed by atoms with Gasteiger partial charge in [0.1, 0.15) is 11.4 Å². The molecule has 0 aliphatic heterocycles. The monoisotopic (exact) mass is 550 g/mol. The molecule has 2 amide bonds. The van der Waals surface area contributed by atoms with E-state index in [0.717, 1.165) is 4.90 Å². The maximum Gasteiger partial charge on any atom is 0.316 e. The average Bonchev–Trinajstić information content (AvgIpc) is 2.96. The number of hydrogen-bond donors (Lipinski definition) is 2. The van der Waals surface area contributed by atoms with Crippen molar-refractivity contribution in [3.05, 3.63) is 83.6 Å². The molecule has 0 unspecified atom stereocenters. The average molecular weight is 551 g/mol. The minimum absolute atomic E-state index is 0.0287. The van der Waals surface area contributed by atoms with Gasteiger partial charge in [-0.05, 0) is 49.4 Å². The first-order chi connectivity index (χ1) is 18.9. The van der Waals surface area contributed by atoms with Gasteiger partial charge in [0.05, 0.1) is 33.7 Å². The van der Waals surface area contributed by atoms with Crippen molar-refractivity contribution in [1.82, 2.24) is 5.32 Å². The van der Waals surface area contributed by atoms with Crippen LogP contribution in [0.15, 0.2) is 77.3 Å². The second kappa shape index (κ2) is 14.5. The van der Waals surface area contributed by atoms with Crippen molar-refractivity contribution in [2.75, 3.05) is 39.0 Å². The third-order valence-electron chi connectivity index (χ3n) is 5.32. The van der Waals surface area contributed by atoms with Crippen molar-refractivity contribution in [3.63, 3.8) is 0 Å². The van der Waals surface area contributed by atoms with Crippen molar-refractivity contribution in [2.45, 2.75) is 11.8 Å². The lowest BCUT2D eigenvalue weighted by Gasteiger charge is -2.15. The molecule has 0 aliphatic rings. The maximum absolute atomic E-state index is 13.5. The Kier molecular flexibility index (Phi) is 10.8. The number of nitrogens with one attached hydrogen (secondary N) is 2. The number of anilines is 1. The highest BCUT2D eigenvalue weighted by Gasteiger charge is 2.18. The molecule has 0 aromatic heterocycles. The fourth-order valence-electron chi connectivity index (χ4n) is 3.47. The van der Waals surface area contributed by atoms with Crippen LogP contribution >= 0.6 is 11.8 Å². The number of thioether (sulfide) groups is 1. The van der Waals surface area contributed by atoms with Gasteiger partial charge in [-0.3, -0.25) is 14.4 Å². The predicted octanol–water partition coefficient (Wildman–Crippen LogP) is 4.78. The first-order valence-electron chi connectivity index (χ1n) is 12.0. The standard InChI is InChI=1S/C29H30N2O7S/c1-5-38-27(32)18-39-22-13-9-12-21(16-22)30-29(34)23(31-28(33)19-10-7-6-8-11-19)14-20-15-25(36-3)26(37-4)17-24(20)35-2/h6-17H,5,18H2,1-4H3,(H,30,34)(H,31,33)/b23-14+. The summed E-state index contributed by atoms with van der Waals surface area (Å²) in [5.74, 6) is 0.0635. The molecular formula is C29H30N2O7S. The molecule has 39 heavy (non-hydrogen) atoms. The molecule has 0 spiro atoms. The molecule has 2 N–H and O–H groups in total. The molecule has 0 fully saturated rings. The van der Waals surface area contributed by atoms with Gasteiger partial charge in [-0.2, -0.15) is 0 Å². The van der Waals surface area contributed by atoms with Crippen LogP contribution in [0, 0.1) is 0 Å². The summed E-state index contributed by atoms with van der Waals surface area (Å²) in [4.78, 5) is 38.9. The number of rotatable bonds is 12. The van der Waals surface area contributed by atoms with Crippen LogP contribution in [0.1, 0.15) is 22.8 Å². The highest BCUT2D eigenvalue weighted by molar-refractivity contribution is 8.00. The van der Waals surface area contributed by atoms with Crippen molar-refractivity contribution in [1.29, 1.82) is 0 Å². The number of benzene rings is 3. The Bertz CT molecular complexity index is 1340. The number of carbonyl (C=O) groups is 3. The summed E-state index contributed by atoms with van der Waals surface area (Å²) in [6.45, 7) is 2.06. The van der Waals surface area contributed by atoms with E-state index in [4.69, 9.17) is 18.9 Å². The Morgan fingerprint density at radius 1 is 0.846 bits per heavy atom. The number of ether oxygens (including phenoxy) is 4. The molecule has 0 radical (unpaired) electrons. The zero-order valence-corrected chi connectivity index (χ0v) is 22.9. The normalized spacial score (nSPS) is 10.8. The minimum atomic E-state index is -0.566. The van der Waals surface area contributed by atoms with Crippen LogP contribution in [-0.4, -0.2) is 51.5 Å². The fraction of sp³-hybridized carbons (Fsp3) is 0.207. The van der Waals surface area contributed by atoms with Crippen LogP contribution in [0.5, 0.6) is 17.2 Å². The van der Waals surface area contributed by atoms with Crippen molar-refractivity contribution in [3.8, 4) is 17.2 Å². The van der Waals surface area contributed by atoms with E-state index in [9.17, 15) is 14.4 Å².